The molecule has 0 aliphatic heterocycles. The fourth-order valence-corrected chi connectivity index (χ4v) is 10.3. The molecular weight excluding hydrogens is 737 g/mol. The summed E-state index contributed by atoms with van der Waals surface area (Å²) < 4.78 is 0. The lowest BCUT2D eigenvalue weighted by Gasteiger charge is -2.23. The van der Waals surface area contributed by atoms with E-state index in [4.69, 9.17) is 9.97 Å². The third-order valence-electron chi connectivity index (χ3n) is 13.1. The van der Waals surface area contributed by atoms with Crippen molar-refractivity contribution >= 4 is 43.1 Å². The Balaban J connectivity index is 1.04. The maximum Gasteiger partial charge on any atom is 0.161 e. The Labute approximate surface area is 355 Å². The molecule has 61 heavy (non-hydrogen) atoms. The Morgan fingerprint density at radius 1 is 0.328 bits per heavy atom. The molecule has 1 aromatic heterocycles. The number of fused-ring (bicyclic) bond motifs is 8. The van der Waals surface area contributed by atoms with Crippen LogP contribution < -0.4 is 0 Å². The summed E-state index contributed by atoms with van der Waals surface area (Å²) >= 11 is 0. The van der Waals surface area contributed by atoms with Crippen molar-refractivity contribution in [2.24, 2.45) is 0 Å². The second kappa shape index (κ2) is 13.7. The van der Waals surface area contributed by atoms with Gasteiger partial charge in [0, 0.05) is 22.1 Å². The van der Waals surface area contributed by atoms with E-state index in [1.165, 1.54) is 82.2 Å². The van der Waals surface area contributed by atoms with E-state index in [0.717, 1.165) is 33.5 Å². The van der Waals surface area contributed by atoms with Crippen molar-refractivity contribution in [3.63, 3.8) is 0 Å². The quantitative estimate of drug-likeness (QED) is 0.174. The predicted molar refractivity (Wildman–Crippen MR) is 257 cm³/mol. The molecule has 0 bridgehead atoms. The van der Waals surface area contributed by atoms with E-state index in [9.17, 15) is 0 Å². The highest BCUT2D eigenvalue weighted by atomic mass is 14.9. The van der Waals surface area contributed by atoms with Crippen LogP contribution in [-0.4, -0.2) is 9.97 Å². The van der Waals surface area contributed by atoms with Crippen LogP contribution in [0.4, 0.5) is 0 Å². The fourth-order valence-electron chi connectivity index (χ4n) is 10.3. The Kier molecular flexibility index (Phi) is 7.92. The van der Waals surface area contributed by atoms with Gasteiger partial charge in [-0.05, 0) is 99.7 Å². The molecule has 0 saturated carbocycles. The third-order valence-corrected chi connectivity index (χ3v) is 13.1. The maximum atomic E-state index is 5.36. The zero-order valence-corrected chi connectivity index (χ0v) is 34.0. The lowest BCUT2D eigenvalue weighted by Crippen LogP contribution is -2.15. The fraction of sp³-hybridized carbons (Fsp3) is 0.0508. The van der Waals surface area contributed by atoms with Gasteiger partial charge in [0.15, 0.2) is 5.82 Å². The van der Waals surface area contributed by atoms with E-state index >= 15 is 0 Å². The van der Waals surface area contributed by atoms with Gasteiger partial charge < -0.3 is 0 Å². The van der Waals surface area contributed by atoms with Crippen LogP contribution in [0, 0.1) is 0 Å². The molecule has 1 aliphatic carbocycles. The summed E-state index contributed by atoms with van der Waals surface area (Å²) in [5.41, 5.74) is 15.2. The largest absolute Gasteiger partial charge is 0.228 e. The number of hydrogen-bond acceptors (Lipinski definition) is 2. The molecule has 0 N–H and O–H groups in total. The zero-order valence-electron chi connectivity index (χ0n) is 34.0. The SMILES string of the molecule is CC1(C)c2cccc(-c3ccc(-c4ccc(-c5nc(-c6ccccc6)cc(-c6cccc7ccccc67)n5)c5ccccc45)c4ccccc34)c2-c2ccc3ccccc3c21. The zero-order chi connectivity index (χ0) is 40.7. The summed E-state index contributed by atoms with van der Waals surface area (Å²) in [6, 6.07) is 74.8. The molecule has 286 valence electrons. The maximum absolute atomic E-state index is 5.36. The molecule has 2 nitrogen and oxygen atoms in total. The minimum absolute atomic E-state index is 0.127. The van der Waals surface area contributed by atoms with Crippen molar-refractivity contribution in [2.45, 2.75) is 19.3 Å². The first-order valence-corrected chi connectivity index (χ1v) is 21.2. The standard InChI is InChI=1S/C59H40N2/c1-59(2)53-29-15-28-50(56(53)52-31-30-38-17-7-9-22-41(38)57(52)59)48-33-32-46(42-23-10-11-24-43(42)48)47-34-35-51(45-26-13-12-25-44(45)47)58-60-54(39-18-4-3-5-19-39)36-55(61-58)49-27-14-20-37-16-6-8-21-40(37)49/h3-36H,1-2H3. The summed E-state index contributed by atoms with van der Waals surface area (Å²) in [5, 5.41) is 9.75. The first-order chi connectivity index (χ1) is 30.0. The van der Waals surface area contributed by atoms with Crippen LogP contribution in [-0.2, 0) is 5.41 Å². The van der Waals surface area contributed by atoms with Crippen LogP contribution in [0.1, 0.15) is 25.0 Å². The van der Waals surface area contributed by atoms with Crippen molar-refractivity contribution in [3.05, 3.63) is 217 Å². The first-order valence-electron chi connectivity index (χ1n) is 21.2. The lowest BCUT2D eigenvalue weighted by molar-refractivity contribution is 0.666. The van der Waals surface area contributed by atoms with Crippen LogP contribution in [0.2, 0.25) is 0 Å². The molecule has 0 atom stereocenters. The van der Waals surface area contributed by atoms with Crippen molar-refractivity contribution in [1.82, 2.24) is 9.97 Å². The second-order valence-corrected chi connectivity index (χ2v) is 16.8. The van der Waals surface area contributed by atoms with Crippen molar-refractivity contribution in [1.29, 1.82) is 0 Å². The summed E-state index contributed by atoms with van der Waals surface area (Å²) in [4.78, 5) is 10.6. The second-order valence-electron chi connectivity index (χ2n) is 16.8. The van der Waals surface area contributed by atoms with Crippen LogP contribution in [0.5, 0.6) is 0 Å². The summed E-state index contributed by atoms with van der Waals surface area (Å²) in [6.07, 6.45) is 0. The number of hydrogen-bond donors (Lipinski definition) is 0. The summed E-state index contributed by atoms with van der Waals surface area (Å²) in [6.45, 7) is 4.77. The van der Waals surface area contributed by atoms with Crippen molar-refractivity contribution in [3.8, 4) is 67.3 Å². The Hall–Kier alpha value is -7.68. The van der Waals surface area contributed by atoms with Gasteiger partial charge in [-0.2, -0.15) is 0 Å². The first kappa shape index (κ1) is 35.3. The van der Waals surface area contributed by atoms with Gasteiger partial charge in [-0.25, -0.2) is 9.97 Å². The minimum atomic E-state index is -0.127. The van der Waals surface area contributed by atoms with Gasteiger partial charge in [-0.15, -0.1) is 0 Å². The highest BCUT2D eigenvalue weighted by Gasteiger charge is 2.38. The van der Waals surface area contributed by atoms with E-state index in [1.807, 2.05) is 6.07 Å². The van der Waals surface area contributed by atoms with Gasteiger partial charge in [-0.3, -0.25) is 0 Å². The highest BCUT2D eigenvalue weighted by molar-refractivity contribution is 6.13. The number of aromatic nitrogens is 2. The topological polar surface area (TPSA) is 25.8 Å². The van der Waals surface area contributed by atoms with Gasteiger partial charge in [0.25, 0.3) is 0 Å². The number of nitrogens with zero attached hydrogens (tertiary/aromatic N) is 2. The Morgan fingerprint density at radius 2 is 0.803 bits per heavy atom. The van der Waals surface area contributed by atoms with Crippen molar-refractivity contribution < 1.29 is 0 Å². The van der Waals surface area contributed by atoms with Crippen LogP contribution in [0.15, 0.2) is 206 Å². The van der Waals surface area contributed by atoms with E-state index in [1.54, 1.807) is 0 Å². The highest BCUT2D eigenvalue weighted by Crippen LogP contribution is 2.55. The monoisotopic (exact) mass is 776 g/mol. The number of rotatable bonds is 5. The molecule has 2 heteroatoms. The molecule has 1 heterocycles. The van der Waals surface area contributed by atoms with Crippen LogP contribution in [0.25, 0.3) is 110 Å². The normalized spacial score (nSPS) is 12.9. The lowest BCUT2D eigenvalue weighted by atomic mass is 9.80. The van der Waals surface area contributed by atoms with E-state index in [0.29, 0.717) is 5.82 Å². The van der Waals surface area contributed by atoms with Crippen LogP contribution >= 0.6 is 0 Å². The van der Waals surface area contributed by atoms with Gasteiger partial charge in [0.1, 0.15) is 0 Å². The van der Waals surface area contributed by atoms with Gasteiger partial charge in [0.2, 0.25) is 0 Å². The summed E-state index contributed by atoms with van der Waals surface area (Å²) in [5.74, 6) is 0.709. The molecule has 10 aromatic carbocycles. The average molecular weight is 777 g/mol. The molecule has 0 unspecified atom stereocenters. The molecule has 1 aliphatic rings. The molecule has 0 amide bonds. The molecule has 11 aromatic rings. The minimum Gasteiger partial charge on any atom is -0.228 e. The van der Waals surface area contributed by atoms with Crippen molar-refractivity contribution in [2.75, 3.05) is 0 Å². The van der Waals surface area contributed by atoms with Gasteiger partial charge in [-0.1, -0.05) is 208 Å². The molecule has 0 spiro atoms. The van der Waals surface area contributed by atoms with Crippen LogP contribution in [0.3, 0.4) is 0 Å². The molecule has 0 saturated heterocycles. The third kappa shape index (κ3) is 5.49. The molecule has 0 fully saturated rings. The van der Waals surface area contributed by atoms with E-state index in [-0.39, 0.29) is 5.41 Å². The smallest absolute Gasteiger partial charge is 0.161 e. The van der Waals surface area contributed by atoms with E-state index in [2.05, 4.69) is 214 Å². The average Bonchev–Trinajstić information content (AvgIpc) is 3.57. The molecule has 0 radical (unpaired) electrons. The Morgan fingerprint density at radius 3 is 1.49 bits per heavy atom. The molecular formula is C59H40N2. The predicted octanol–water partition coefficient (Wildman–Crippen LogP) is 15.7. The number of benzene rings is 10. The Bertz CT molecular complexity index is 3560. The van der Waals surface area contributed by atoms with Gasteiger partial charge >= 0.3 is 0 Å². The van der Waals surface area contributed by atoms with E-state index < -0.39 is 0 Å². The van der Waals surface area contributed by atoms with Gasteiger partial charge in [0.05, 0.1) is 11.4 Å². The summed E-state index contributed by atoms with van der Waals surface area (Å²) in [7, 11) is 0. The molecule has 12 rings (SSSR count).